The number of benzene rings is 2. The third kappa shape index (κ3) is 5.13. The average molecular weight is 579 g/mol. The molecule has 8 nitrogen and oxygen atoms in total. The first-order valence-corrected chi connectivity index (χ1v) is 14.9. The molecule has 40 heavy (non-hydrogen) atoms. The summed E-state index contributed by atoms with van der Waals surface area (Å²) in [7, 11) is 0. The highest BCUT2D eigenvalue weighted by Crippen LogP contribution is 2.48. The highest BCUT2D eigenvalue weighted by molar-refractivity contribution is 8.00. The maximum atomic E-state index is 14.2. The monoisotopic (exact) mass is 578 g/mol. The molecule has 2 aromatic carbocycles. The molecule has 0 aliphatic carbocycles. The topological polar surface area (TPSA) is 93.2 Å². The maximum Gasteiger partial charge on any atom is 0.319 e. The van der Waals surface area contributed by atoms with Crippen molar-refractivity contribution in [3.63, 3.8) is 0 Å². The van der Waals surface area contributed by atoms with Gasteiger partial charge in [0.2, 0.25) is 11.8 Å². The van der Waals surface area contributed by atoms with Crippen molar-refractivity contribution in [2.45, 2.75) is 44.4 Å². The van der Waals surface area contributed by atoms with Crippen molar-refractivity contribution in [3.8, 4) is 0 Å². The Kier molecular flexibility index (Phi) is 8.00. The zero-order valence-corrected chi connectivity index (χ0v) is 24.0. The molecule has 0 saturated carbocycles. The molecule has 2 aliphatic heterocycles. The minimum absolute atomic E-state index is 0.0137. The molecule has 3 unspecified atom stereocenters. The number of ether oxygens (including phenoxy) is 2. The van der Waals surface area contributed by atoms with E-state index in [0.717, 1.165) is 11.1 Å². The van der Waals surface area contributed by atoms with Crippen molar-refractivity contribution >= 4 is 51.9 Å². The van der Waals surface area contributed by atoms with Crippen LogP contribution in [0.3, 0.4) is 0 Å². The van der Waals surface area contributed by atoms with Gasteiger partial charge in [0.25, 0.3) is 0 Å². The van der Waals surface area contributed by atoms with E-state index >= 15 is 0 Å². The lowest BCUT2D eigenvalue weighted by molar-refractivity contribution is -0.178. The van der Waals surface area contributed by atoms with Crippen LogP contribution in [0, 0.1) is 5.41 Å². The van der Waals surface area contributed by atoms with E-state index in [1.165, 1.54) is 41.8 Å². The Hall–Kier alpha value is -3.63. The van der Waals surface area contributed by atoms with Crippen LogP contribution in [0.15, 0.2) is 78.2 Å². The van der Waals surface area contributed by atoms with Crippen molar-refractivity contribution in [1.82, 2.24) is 4.90 Å². The lowest BCUT2D eigenvalue weighted by Gasteiger charge is -2.57. The molecule has 1 aromatic heterocycles. The number of carbonyl (C=O) groups excluding carboxylic acids is 4. The molecule has 2 amide bonds. The third-order valence-electron chi connectivity index (χ3n) is 7.40. The van der Waals surface area contributed by atoms with E-state index in [2.05, 4.69) is 0 Å². The summed E-state index contributed by atoms with van der Waals surface area (Å²) in [4.78, 5) is 55.4. The second-order valence-electron chi connectivity index (χ2n) is 9.97. The van der Waals surface area contributed by atoms with Crippen LogP contribution in [-0.4, -0.2) is 58.5 Å². The van der Waals surface area contributed by atoms with Gasteiger partial charge in [-0.25, -0.2) is 0 Å². The molecular weight excluding hydrogens is 548 g/mol. The largest absolute Gasteiger partial charge is 0.462 e. The number of fused-ring (bicyclic) bond motifs is 1. The second kappa shape index (κ2) is 11.5. The quantitative estimate of drug-likeness (QED) is 0.284. The SMILES string of the molecule is CC(=O)OC(C)C1(C(=O)OC(c2ccccc2)c2ccccc2)CS[C@@H]2C(N(C(C)=O)c3cccs3)C(=O)N2C1. The summed E-state index contributed by atoms with van der Waals surface area (Å²) >= 11 is 2.79. The Morgan fingerprint density at radius 3 is 2.10 bits per heavy atom. The predicted molar refractivity (Wildman–Crippen MR) is 154 cm³/mol. The zero-order chi connectivity index (χ0) is 28.4. The summed E-state index contributed by atoms with van der Waals surface area (Å²) in [6, 6.07) is 21.9. The first kappa shape index (κ1) is 27.9. The van der Waals surface area contributed by atoms with Crippen molar-refractivity contribution in [2.24, 2.45) is 5.41 Å². The Labute approximate surface area is 241 Å². The normalized spacial score (nSPS) is 22.6. The van der Waals surface area contributed by atoms with Crippen molar-refractivity contribution < 1.29 is 28.7 Å². The van der Waals surface area contributed by atoms with E-state index in [1.54, 1.807) is 11.8 Å². The summed E-state index contributed by atoms with van der Waals surface area (Å²) in [6.45, 7) is 4.42. The average Bonchev–Trinajstić information content (AvgIpc) is 3.48. The molecule has 4 atom stereocenters. The fourth-order valence-corrected chi connectivity index (χ4v) is 7.78. The number of esters is 2. The summed E-state index contributed by atoms with van der Waals surface area (Å²) in [6.07, 6.45) is -1.54. The Balaban J connectivity index is 1.45. The fourth-order valence-electron chi connectivity index (χ4n) is 5.28. The van der Waals surface area contributed by atoms with Crippen molar-refractivity contribution in [2.75, 3.05) is 17.2 Å². The summed E-state index contributed by atoms with van der Waals surface area (Å²) in [5, 5.41) is 2.23. The molecule has 2 aliphatic rings. The summed E-state index contributed by atoms with van der Waals surface area (Å²) in [5.41, 5.74) is 0.290. The van der Waals surface area contributed by atoms with Gasteiger partial charge in [0.05, 0.1) is 5.00 Å². The number of hydrogen-bond donors (Lipinski definition) is 0. The Morgan fingerprint density at radius 2 is 1.57 bits per heavy atom. The van der Waals surface area contributed by atoms with Crippen LogP contribution in [-0.2, 0) is 28.7 Å². The Bertz CT molecular complexity index is 1340. The number of hydrogen-bond acceptors (Lipinski definition) is 8. The molecule has 0 bridgehead atoms. The minimum Gasteiger partial charge on any atom is -0.462 e. The molecule has 0 radical (unpaired) electrons. The van der Waals surface area contributed by atoms with Gasteiger partial charge in [0.1, 0.15) is 22.9 Å². The molecule has 3 heterocycles. The molecule has 10 heteroatoms. The van der Waals surface area contributed by atoms with Crippen LogP contribution >= 0.6 is 23.1 Å². The number of β-lactam (4-membered cyclic amide) rings is 1. The van der Waals surface area contributed by atoms with Gasteiger partial charge in [-0.3, -0.25) is 24.1 Å². The number of thiophene rings is 1. The standard InChI is InChI=1S/C30H30N2O6S2/c1-19(37-21(3)34)30(29(36)38-26(22-11-6-4-7-12-22)23-13-8-5-9-14-23)17-31-27(35)25(28(31)40-18-30)32(20(2)33)24-15-10-16-39-24/h4-16,19,25-26,28H,17-18H2,1-3H3/t19?,25?,28-,30?/m1/s1. The van der Waals surface area contributed by atoms with E-state index in [-0.39, 0.29) is 29.5 Å². The van der Waals surface area contributed by atoms with Gasteiger partial charge < -0.3 is 14.4 Å². The van der Waals surface area contributed by atoms with Crippen LogP contribution in [0.4, 0.5) is 5.00 Å². The first-order valence-electron chi connectivity index (χ1n) is 13.0. The van der Waals surface area contributed by atoms with E-state index < -0.39 is 35.6 Å². The highest BCUT2D eigenvalue weighted by Gasteiger charge is 2.62. The van der Waals surface area contributed by atoms with Gasteiger partial charge in [0, 0.05) is 26.1 Å². The van der Waals surface area contributed by atoms with Crippen LogP contribution in [0.25, 0.3) is 0 Å². The number of nitrogens with zero attached hydrogens (tertiary/aromatic N) is 2. The van der Waals surface area contributed by atoms with Gasteiger partial charge in [-0.2, -0.15) is 0 Å². The van der Waals surface area contributed by atoms with E-state index in [0.29, 0.717) is 5.00 Å². The van der Waals surface area contributed by atoms with Gasteiger partial charge in [-0.05, 0) is 35.6 Å². The first-order chi connectivity index (χ1) is 19.2. The van der Waals surface area contributed by atoms with Gasteiger partial charge in [0.15, 0.2) is 6.10 Å². The lowest BCUT2D eigenvalue weighted by atomic mass is 9.81. The van der Waals surface area contributed by atoms with Gasteiger partial charge in [-0.15, -0.1) is 23.1 Å². The highest BCUT2D eigenvalue weighted by atomic mass is 32.2. The summed E-state index contributed by atoms with van der Waals surface area (Å²) < 4.78 is 11.8. The van der Waals surface area contributed by atoms with Crippen LogP contribution in [0.2, 0.25) is 0 Å². The van der Waals surface area contributed by atoms with E-state index in [4.69, 9.17) is 9.47 Å². The van der Waals surface area contributed by atoms with Crippen molar-refractivity contribution in [3.05, 3.63) is 89.3 Å². The predicted octanol–water partition coefficient (Wildman–Crippen LogP) is 4.66. The third-order valence-corrected chi connectivity index (χ3v) is 9.80. The molecule has 3 aromatic rings. The van der Waals surface area contributed by atoms with Crippen LogP contribution in [0.1, 0.15) is 38.0 Å². The van der Waals surface area contributed by atoms with Crippen LogP contribution < -0.4 is 4.90 Å². The molecule has 5 rings (SSSR count). The van der Waals surface area contributed by atoms with Crippen LogP contribution in [0.5, 0.6) is 0 Å². The fraction of sp³-hybridized carbons (Fsp3) is 0.333. The maximum absolute atomic E-state index is 14.2. The smallest absolute Gasteiger partial charge is 0.319 e. The van der Waals surface area contributed by atoms with Crippen molar-refractivity contribution in [1.29, 1.82) is 0 Å². The number of amides is 2. The molecule has 2 fully saturated rings. The molecule has 2 saturated heterocycles. The van der Waals surface area contributed by atoms with Gasteiger partial charge >= 0.3 is 11.9 Å². The molecule has 0 spiro atoms. The lowest BCUT2D eigenvalue weighted by Crippen LogP contribution is -2.75. The van der Waals surface area contributed by atoms with E-state index in [9.17, 15) is 19.2 Å². The molecular formula is C30H30N2O6S2. The molecule has 0 N–H and O–H groups in total. The second-order valence-corrected chi connectivity index (χ2v) is 12.0. The number of anilines is 1. The van der Waals surface area contributed by atoms with Gasteiger partial charge in [-0.1, -0.05) is 60.7 Å². The minimum atomic E-state index is -1.31. The number of thioether (sulfide) groups is 1. The summed E-state index contributed by atoms with van der Waals surface area (Å²) in [5.74, 6) is -1.31. The number of carbonyl (C=O) groups is 4. The Morgan fingerprint density at radius 1 is 0.950 bits per heavy atom. The zero-order valence-electron chi connectivity index (χ0n) is 22.4. The van der Waals surface area contributed by atoms with E-state index in [1.807, 2.05) is 78.2 Å². The molecule has 208 valence electrons. The number of rotatable bonds is 8.